The molecular weight excluding hydrogens is 346 g/mol. The minimum atomic E-state index is -1.33. The monoisotopic (exact) mass is 365 g/mol. The molecule has 0 aliphatic rings. The van der Waals surface area contributed by atoms with Crippen LogP contribution >= 0.6 is 11.3 Å². The van der Waals surface area contributed by atoms with Gasteiger partial charge in [-0.15, -0.1) is 0 Å². The minimum Gasteiger partial charge on any atom is -0.478 e. The van der Waals surface area contributed by atoms with Crippen LogP contribution in [0, 0.1) is 0 Å². The molecule has 0 aliphatic heterocycles. The van der Waals surface area contributed by atoms with Crippen LogP contribution in [-0.2, 0) is 11.3 Å². The van der Waals surface area contributed by atoms with Gasteiger partial charge in [0.1, 0.15) is 12.7 Å². The standard InChI is InChI=1S/C17H19NO6S/c19-14(15(20)12-9-25-10-13(12)16(21)22)6-7-18-17(23)24-8-11-4-2-1-3-5-11/h1-5,9-10,14-15,19-20H,6-8H2,(H,18,23)(H,21,22). The van der Waals surface area contributed by atoms with E-state index in [0.717, 1.165) is 16.9 Å². The summed E-state index contributed by atoms with van der Waals surface area (Å²) in [6, 6.07) is 9.19. The van der Waals surface area contributed by atoms with Crippen LogP contribution in [0.1, 0.15) is 34.0 Å². The lowest BCUT2D eigenvalue weighted by Gasteiger charge is -2.18. The summed E-state index contributed by atoms with van der Waals surface area (Å²) in [5.41, 5.74) is 0.982. The van der Waals surface area contributed by atoms with Gasteiger partial charge in [0.15, 0.2) is 0 Å². The summed E-state index contributed by atoms with van der Waals surface area (Å²) in [7, 11) is 0. The SMILES string of the molecule is O=C(NCCC(O)C(O)c1cscc1C(=O)O)OCc1ccccc1. The Morgan fingerprint density at radius 3 is 2.56 bits per heavy atom. The normalized spacial score (nSPS) is 13.0. The first kappa shape index (κ1) is 18.9. The lowest BCUT2D eigenvalue weighted by atomic mass is 10.0. The van der Waals surface area contributed by atoms with Gasteiger partial charge in [0.2, 0.25) is 0 Å². The highest BCUT2D eigenvalue weighted by molar-refractivity contribution is 7.08. The van der Waals surface area contributed by atoms with E-state index in [-0.39, 0.29) is 30.7 Å². The van der Waals surface area contributed by atoms with Gasteiger partial charge in [-0.1, -0.05) is 30.3 Å². The highest BCUT2D eigenvalue weighted by Gasteiger charge is 2.24. The molecule has 0 spiro atoms. The van der Waals surface area contributed by atoms with Crippen molar-refractivity contribution in [3.05, 3.63) is 57.8 Å². The van der Waals surface area contributed by atoms with Gasteiger partial charge in [-0.05, 0) is 17.4 Å². The number of benzene rings is 1. The third-order valence-corrected chi connectivity index (χ3v) is 4.29. The van der Waals surface area contributed by atoms with Crippen LogP contribution in [0.5, 0.6) is 0 Å². The Bertz CT molecular complexity index is 702. The van der Waals surface area contributed by atoms with Crippen molar-refractivity contribution in [1.29, 1.82) is 0 Å². The first-order chi connectivity index (χ1) is 12.0. The van der Waals surface area contributed by atoms with Gasteiger partial charge in [-0.2, -0.15) is 11.3 Å². The Balaban J connectivity index is 1.74. The first-order valence-electron chi connectivity index (χ1n) is 7.59. The Labute approximate surface area is 148 Å². The zero-order chi connectivity index (χ0) is 18.2. The van der Waals surface area contributed by atoms with E-state index in [1.807, 2.05) is 30.3 Å². The highest BCUT2D eigenvalue weighted by atomic mass is 32.1. The number of aliphatic hydroxyl groups is 2. The van der Waals surface area contributed by atoms with Crippen molar-refractivity contribution in [1.82, 2.24) is 5.32 Å². The number of rotatable bonds is 8. The van der Waals surface area contributed by atoms with Gasteiger partial charge in [-0.3, -0.25) is 0 Å². The number of aromatic carboxylic acids is 1. The van der Waals surface area contributed by atoms with E-state index >= 15 is 0 Å². The van der Waals surface area contributed by atoms with Crippen LogP contribution < -0.4 is 5.32 Å². The molecule has 8 heteroatoms. The van der Waals surface area contributed by atoms with Gasteiger partial charge in [-0.25, -0.2) is 9.59 Å². The summed E-state index contributed by atoms with van der Waals surface area (Å²) in [6.07, 6.45) is -3.12. The quantitative estimate of drug-likeness (QED) is 0.570. The molecule has 1 aromatic carbocycles. The number of carbonyl (C=O) groups is 2. The highest BCUT2D eigenvalue weighted by Crippen LogP contribution is 2.26. The number of amides is 1. The maximum Gasteiger partial charge on any atom is 0.407 e. The lowest BCUT2D eigenvalue weighted by Crippen LogP contribution is -2.30. The zero-order valence-corrected chi connectivity index (χ0v) is 14.1. The number of hydrogen-bond donors (Lipinski definition) is 4. The molecule has 2 unspecified atom stereocenters. The van der Waals surface area contributed by atoms with Crippen LogP contribution in [0.15, 0.2) is 41.1 Å². The number of aliphatic hydroxyl groups excluding tert-OH is 2. The van der Waals surface area contributed by atoms with Crippen molar-refractivity contribution < 1.29 is 29.6 Å². The smallest absolute Gasteiger partial charge is 0.407 e. The molecule has 7 nitrogen and oxygen atoms in total. The fourth-order valence-corrected chi connectivity index (χ4v) is 3.03. The zero-order valence-electron chi connectivity index (χ0n) is 13.3. The van der Waals surface area contributed by atoms with E-state index in [4.69, 9.17) is 9.84 Å². The van der Waals surface area contributed by atoms with Crippen LogP contribution in [0.4, 0.5) is 4.79 Å². The van der Waals surface area contributed by atoms with Crippen molar-refractivity contribution >= 4 is 23.4 Å². The fraction of sp³-hybridized carbons (Fsp3) is 0.294. The number of carbonyl (C=O) groups excluding carboxylic acids is 1. The first-order valence-corrected chi connectivity index (χ1v) is 8.53. The predicted molar refractivity (Wildman–Crippen MR) is 91.5 cm³/mol. The number of carboxylic acids is 1. The molecule has 2 atom stereocenters. The molecule has 1 heterocycles. The molecule has 1 amide bonds. The second-order valence-corrected chi connectivity index (χ2v) is 6.08. The topological polar surface area (TPSA) is 116 Å². The summed E-state index contributed by atoms with van der Waals surface area (Å²) in [5.74, 6) is -1.16. The molecule has 0 saturated heterocycles. The third kappa shape index (κ3) is 5.56. The number of carboxylic acid groups (broad SMARTS) is 1. The summed E-state index contributed by atoms with van der Waals surface area (Å²) < 4.78 is 5.02. The summed E-state index contributed by atoms with van der Waals surface area (Å²) in [4.78, 5) is 22.6. The van der Waals surface area contributed by atoms with E-state index in [0.29, 0.717) is 0 Å². The Morgan fingerprint density at radius 1 is 1.16 bits per heavy atom. The van der Waals surface area contributed by atoms with Crippen molar-refractivity contribution in [2.75, 3.05) is 6.54 Å². The van der Waals surface area contributed by atoms with Gasteiger partial charge >= 0.3 is 12.1 Å². The maximum absolute atomic E-state index is 11.6. The fourth-order valence-electron chi connectivity index (χ4n) is 2.17. The average molecular weight is 365 g/mol. The number of alkyl carbamates (subject to hydrolysis) is 1. The molecule has 0 radical (unpaired) electrons. The molecule has 2 rings (SSSR count). The van der Waals surface area contributed by atoms with Crippen LogP contribution in [0.25, 0.3) is 0 Å². The number of thiophene rings is 1. The Hall–Kier alpha value is -2.42. The van der Waals surface area contributed by atoms with Crippen molar-refractivity contribution in [2.45, 2.75) is 25.2 Å². The van der Waals surface area contributed by atoms with Crippen molar-refractivity contribution in [2.24, 2.45) is 0 Å². The maximum atomic E-state index is 11.6. The van der Waals surface area contributed by atoms with Gasteiger partial charge in [0.25, 0.3) is 0 Å². The molecular formula is C17H19NO6S. The molecule has 134 valence electrons. The van der Waals surface area contributed by atoms with E-state index in [1.165, 1.54) is 10.8 Å². The number of ether oxygens (including phenoxy) is 1. The average Bonchev–Trinajstić information content (AvgIpc) is 3.10. The lowest BCUT2D eigenvalue weighted by molar-refractivity contribution is 0.0130. The molecule has 2 aromatic rings. The van der Waals surface area contributed by atoms with E-state index in [9.17, 15) is 19.8 Å². The largest absolute Gasteiger partial charge is 0.478 e. The minimum absolute atomic E-state index is 0.0354. The van der Waals surface area contributed by atoms with Gasteiger partial charge in [0.05, 0.1) is 11.7 Å². The summed E-state index contributed by atoms with van der Waals surface area (Å²) >= 11 is 1.13. The van der Waals surface area contributed by atoms with E-state index < -0.39 is 24.3 Å². The molecule has 0 saturated carbocycles. The molecule has 1 aromatic heterocycles. The number of nitrogens with one attached hydrogen (secondary N) is 1. The third-order valence-electron chi connectivity index (χ3n) is 3.53. The molecule has 0 fully saturated rings. The van der Waals surface area contributed by atoms with Crippen LogP contribution in [-0.4, -0.2) is 40.0 Å². The molecule has 0 bridgehead atoms. The Morgan fingerprint density at radius 2 is 1.88 bits per heavy atom. The van der Waals surface area contributed by atoms with E-state index in [2.05, 4.69) is 5.32 Å². The van der Waals surface area contributed by atoms with Crippen molar-refractivity contribution in [3.8, 4) is 0 Å². The second kappa shape index (κ2) is 9.16. The second-order valence-electron chi connectivity index (χ2n) is 5.34. The summed E-state index contributed by atoms with van der Waals surface area (Å²) in [6.45, 7) is 0.215. The molecule has 4 N–H and O–H groups in total. The Kier molecular flexibility index (Phi) is 6.93. The predicted octanol–water partition coefficient (Wildman–Crippen LogP) is 2.16. The van der Waals surface area contributed by atoms with Crippen molar-refractivity contribution in [3.63, 3.8) is 0 Å². The molecule has 25 heavy (non-hydrogen) atoms. The van der Waals surface area contributed by atoms with Gasteiger partial charge in [0, 0.05) is 17.5 Å². The van der Waals surface area contributed by atoms with Crippen LogP contribution in [0.3, 0.4) is 0 Å². The van der Waals surface area contributed by atoms with Crippen LogP contribution in [0.2, 0.25) is 0 Å². The van der Waals surface area contributed by atoms with E-state index in [1.54, 1.807) is 0 Å². The van der Waals surface area contributed by atoms with Gasteiger partial charge < -0.3 is 25.4 Å². The molecule has 0 aliphatic carbocycles. The summed E-state index contributed by atoms with van der Waals surface area (Å²) in [5, 5.41) is 34.4. The number of hydrogen-bond acceptors (Lipinski definition) is 6.